The Morgan fingerprint density at radius 2 is 2.50 bits per heavy atom. The summed E-state index contributed by atoms with van der Waals surface area (Å²) in [6.07, 6.45) is 1.27. The van der Waals surface area contributed by atoms with E-state index < -0.39 is 0 Å². The number of ether oxygens (including phenoxy) is 2. The van der Waals surface area contributed by atoms with Crippen LogP contribution >= 0.6 is 11.3 Å². The summed E-state index contributed by atoms with van der Waals surface area (Å²) in [7, 11) is 0. The van der Waals surface area contributed by atoms with Crippen molar-refractivity contribution in [3.05, 3.63) is 21.9 Å². The second kappa shape index (κ2) is 6.02. The van der Waals surface area contributed by atoms with Gasteiger partial charge in [0, 0.05) is 11.5 Å². The van der Waals surface area contributed by atoms with Crippen LogP contribution in [0.5, 0.6) is 0 Å². The molecular formula is C12H15NO2S. The first-order valence-corrected chi connectivity index (χ1v) is 6.17. The molecule has 2 N–H and O–H groups in total. The molecule has 2 rings (SSSR count). The van der Waals surface area contributed by atoms with Crippen molar-refractivity contribution in [3.8, 4) is 11.8 Å². The van der Waals surface area contributed by atoms with Crippen LogP contribution in [0.25, 0.3) is 0 Å². The molecule has 1 saturated heterocycles. The number of hydrogen-bond acceptors (Lipinski definition) is 4. The minimum absolute atomic E-state index is 0.265. The van der Waals surface area contributed by atoms with Crippen LogP contribution in [-0.2, 0) is 16.1 Å². The lowest BCUT2D eigenvalue weighted by atomic mass is 10.3. The zero-order chi connectivity index (χ0) is 11.2. The molecule has 1 fully saturated rings. The second-order valence-corrected chi connectivity index (χ2v) is 4.74. The van der Waals surface area contributed by atoms with Crippen LogP contribution in [0, 0.1) is 11.8 Å². The highest BCUT2D eigenvalue weighted by Crippen LogP contribution is 2.18. The third-order valence-corrected chi connectivity index (χ3v) is 3.30. The van der Waals surface area contributed by atoms with E-state index in [0.717, 1.165) is 24.5 Å². The molecular weight excluding hydrogens is 222 g/mol. The molecule has 1 aliphatic heterocycles. The van der Waals surface area contributed by atoms with E-state index in [1.54, 1.807) is 11.3 Å². The predicted molar refractivity (Wildman–Crippen MR) is 64.3 cm³/mol. The molecule has 3 nitrogen and oxygen atoms in total. The van der Waals surface area contributed by atoms with Gasteiger partial charge in [-0.05, 0) is 18.6 Å². The lowest BCUT2D eigenvalue weighted by Gasteiger charge is -2.07. The molecule has 0 saturated carbocycles. The number of hydrogen-bond donors (Lipinski definition) is 1. The van der Waals surface area contributed by atoms with Crippen molar-refractivity contribution in [1.82, 2.24) is 0 Å². The Bertz CT molecular complexity index is 385. The van der Waals surface area contributed by atoms with E-state index in [9.17, 15) is 0 Å². The van der Waals surface area contributed by atoms with Gasteiger partial charge in [0.2, 0.25) is 0 Å². The van der Waals surface area contributed by atoms with Crippen molar-refractivity contribution in [2.45, 2.75) is 19.1 Å². The predicted octanol–water partition coefficient (Wildman–Crippen LogP) is 1.36. The van der Waals surface area contributed by atoms with Gasteiger partial charge in [0.1, 0.15) is 0 Å². The minimum Gasteiger partial charge on any atom is -0.379 e. The largest absolute Gasteiger partial charge is 0.379 e. The average molecular weight is 237 g/mol. The summed E-state index contributed by atoms with van der Waals surface area (Å²) in [5.41, 5.74) is 5.32. The Balaban J connectivity index is 1.82. The zero-order valence-corrected chi connectivity index (χ0v) is 9.89. The van der Waals surface area contributed by atoms with E-state index in [-0.39, 0.29) is 6.10 Å². The topological polar surface area (TPSA) is 44.5 Å². The zero-order valence-electron chi connectivity index (χ0n) is 9.07. The van der Waals surface area contributed by atoms with Crippen molar-refractivity contribution in [2.75, 3.05) is 19.8 Å². The summed E-state index contributed by atoms with van der Waals surface area (Å²) in [5, 5.41) is 0. The highest BCUT2D eigenvalue weighted by atomic mass is 32.1. The fraction of sp³-hybridized carbons (Fsp3) is 0.500. The maximum absolute atomic E-state index is 5.72. The normalized spacial score (nSPS) is 19.4. The van der Waals surface area contributed by atoms with Crippen molar-refractivity contribution < 1.29 is 9.47 Å². The van der Waals surface area contributed by atoms with Crippen molar-refractivity contribution in [3.63, 3.8) is 0 Å². The Hall–Kier alpha value is -0.860. The molecule has 1 aromatic rings. The molecule has 1 unspecified atom stereocenters. The number of rotatable bonds is 3. The summed E-state index contributed by atoms with van der Waals surface area (Å²) in [4.78, 5) is 2.25. The summed E-state index contributed by atoms with van der Waals surface area (Å²) < 4.78 is 11.0. The number of thiophene rings is 1. The van der Waals surface area contributed by atoms with Crippen LogP contribution in [0.4, 0.5) is 0 Å². The van der Waals surface area contributed by atoms with Crippen LogP contribution in [-0.4, -0.2) is 25.9 Å². The molecule has 2 heterocycles. The monoisotopic (exact) mass is 237 g/mol. The molecule has 16 heavy (non-hydrogen) atoms. The fourth-order valence-electron chi connectivity index (χ4n) is 1.51. The minimum atomic E-state index is 0.265. The Kier molecular flexibility index (Phi) is 4.37. The molecule has 0 bridgehead atoms. The van der Waals surface area contributed by atoms with Gasteiger partial charge in [0.05, 0.1) is 30.7 Å². The van der Waals surface area contributed by atoms with E-state index >= 15 is 0 Å². The summed E-state index contributed by atoms with van der Waals surface area (Å²) in [6.45, 7) is 2.61. The van der Waals surface area contributed by atoms with Crippen molar-refractivity contribution in [1.29, 1.82) is 0 Å². The Morgan fingerprint density at radius 3 is 3.25 bits per heavy atom. The maximum atomic E-state index is 5.72. The molecule has 0 radical (unpaired) electrons. The SMILES string of the molecule is NCC#Cc1ccc(COC2CCOC2)s1. The summed E-state index contributed by atoms with van der Waals surface area (Å²) in [5.74, 6) is 5.86. The Labute approximate surface area is 99.6 Å². The molecule has 0 aliphatic carbocycles. The third-order valence-electron chi connectivity index (χ3n) is 2.32. The summed E-state index contributed by atoms with van der Waals surface area (Å²) >= 11 is 1.66. The molecule has 4 heteroatoms. The number of nitrogens with two attached hydrogens (primary N) is 1. The lowest BCUT2D eigenvalue weighted by Crippen LogP contribution is -2.11. The molecule has 0 spiro atoms. The molecule has 1 atom stereocenters. The van der Waals surface area contributed by atoms with E-state index in [1.165, 1.54) is 4.88 Å². The fourth-order valence-corrected chi connectivity index (χ4v) is 2.31. The van der Waals surface area contributed by atoms with E-state index in [0.29, 0.717) is 13.2 Å². The van der Waals surface area contributed by atoms with Crippen LogP contribution in [0.1, 0.15) is 16.2 Å². The lowest BCUT2D eigenvalue weighted by molar-refractivity contribution is 0.0331. The van der Waals surface area contributed by atoms with Crippen molar-refractivity contribution in [2.24, 2.45) is 5.73 Å². The highest BCUT2D eigenvalue weighted by molar-refractivity contribution is 7.12. The van der Waals surface area contributed by atoms with Gasteiger partial charge in [0.15, 0.2) is 0 Å². The Morgan fingerprint density at radius 1 is 1.56 bits per heavy atom. The molecule has 1 aliphatic rings. The van der Waals surface area contributed by atoms with E-state index in [2.05, 4.69) is 17.9 Å². The van der Waals surface area contributed by atoms with E-state index in [4.69, 9.17) is 15.2 Å². The molecule has 0 aromatic carbocycles. The standard InChI is InChI=1S/C12H15NO2S/c13-6-1-2-11-3-4-12(16-11)9-15-10-5-7-14-8-10/h3-4,10H,5-9,13H2. The van der Waals surface area contributed by atoms with Crippen molar-refractivity contribution >= 4 is 11.3 Å². The van der Waals surface area contributed by atoms with Gasteiger partial charge < -0.3 is 15.2 Å². The van der Waals surface area contributed by atoms with Gasteiger partial charge >= 0.3 is 0 Å². The first-order valence-electron chi connectivity index (χ1n) is 5.35. The van der Waals surface area contributed by atoms with Gasteiger partial charge in [-0.2, -0.15) is 0 Å². The van der Waals surface area contributed by atoms with Crippen LogP contribution in [0.3, 0.4) is 0 Å². The first kappa shape index (κ1) is 11.6. The average Bonchev–Trinajstić information content (AvgIpc) is 2.95. The van der Waals surface area contributed by atoms with Gasteiger partial charge in [-0.25, -0.2) is 0 Å². The highest BCUT2D eigenvalue weighted by Gasteiger charge is 2.15. The quantitative estimate of drug-likeness (QED) is 0.807. The maximum Gasteiger partial charge on any atom is 0.0835 e. The smallest absolute Gasteiger partial charge is 0.0835 e. The van der Waals surface area contributed by atoms with Crippen LogP contribution in [0.2, 0.25) is 0 Å². The third kappa shape index (κ3) is 3.32. The summed E-state index contributed by atoms with van der Waals surface area (Å²) in [6, 6.07) is 4.07. The first-order chi connectivity index (χ1) is 7.88. The second-order valence-electron chi connectivity index (χ2n) is 3.57. The molecule has 0 amide bonds. The van der Waals surface area contributed by atoms with Gasteiger partial charge in [-0.1, -0.05) is 11.8 Å². The van der Waals surface area contributed by atoms with Gasteiger partial charge in [-0.15, -0.1) is 11.3 Å². The van der Waals surface area contributed by atoms with E-state index in [1.807, 2.05) is 6.07 Å². The molecule has 86 valence electrons. The van der Waals surface area contributed by atoms with Crippen LogP contribution in [0.15, 0.2) is 12.1 Å². The van der Waals surface area contributed by atoms with Gasteiger partial charge in [0.25, 0.3) is 0 Å². The van der Waals surface area contributed by atoms with Crippen LogP contribution < -0.4 is 5.73 Å². The van der Waals surface area contributed by atoms with Gasteiger partial charge in [-0.3, -0.25) is 0 Å². The molecule has 1 aromatic heterocycles.